The molecule has 1 unspecified atom stereocenters. The fraction of sp³-hybridized carbons (Fsp3) is 0.562. The highest BCUT2D eigenvalue weighted by Crippen LogP contribution is 2.62. The van der Waals surface area contributed by atoms with Gasteiger partial charge in [-0.2, -0.15) is 0 Å². The average Bonchev–Trinajstić information content (AvgIpc) is 3.13. The van der Waals surface area contributed by atoms with Crippen molar-refractivity contribution in [3.63, 3.8) is 0 Å². The number of hydrogen-bond donors (Lipinski definition) is 3. The second kappa shape index (κ2) is 6.16. The summed E-state index contributed by atoms with van der Waals surface area (Å²) >= 11 is 0. The van der Waals surface area contributed by atoms with Crippen LogP contribution in [0.5, 0.6) is 0 Å². The van der Waals surface area contributed by atoms with Crippen LogP contribution in [0, 0.1) is 23.6 Å². The van der Waals surface area contributed by atoms with Gasteiger partial charge in [0.25, 0.3) is 0 Å². The molecule has 0 spiro atoms. The van der Waals surface area contributed by atoms with Gasteiger partial charge in [-0.05, 0) is 41.9 Å². The van der Waals surface area contributed by atoms with E-state index in [0.29, 0.717) is 13.0 Å². The fourth-order valence-electron chi connectivity index (χ4n) is 3.81. The van der Waals surface area contributed by atoms with Gasteiger partial charge in [-0.25, -0.2) is 4.39 Å². The SMILES string of the molecule is N[C@]1(C(=O)O)[C@@H]2C(COCO)[C@@H]2C[C@H]1OCc1ccc(F)cc1. The Labute approximate surface area is 133 Å². The second-order valence-corrected chi connectivity index (χ2v) is 6.25. The number of hydrogen-bond acceptors (Lipinski definition) is 5. The Morgan fingerprint density at radius 3 is 2.70 bits per heavy atom. The third kappa shape index (κ3) is 2.85. The highest BCUT2D eigenvalue weighted by atomic mass is 19.1. The third-order valence-electron chi connectivity index (χ3n) is 5.04. The maximum absolute atomic E-state index is 12.9. The lowest BCUT2D eigenvalue weighted by molar-refractivity contribution is -0.151. The van der Waals surface area contributed by atoms with Crippen molar-refractivity contribution in [1.29, 1.82) is 0 Å². The van der Waals surface area contributed by atoms with E-state index in [4.69, 9.17) is 20.3 Å². The lowest BCUT2D eigenvalue weighted by Gasteiger charge is -2.31. The zero-order valence-electron chi connectivity index (χ0n) is 12.5. The fourth-order valence-corrected chi connectivity index (χ4v) is 3.81. The Bertz CT molecular complexity index is 580. The molecule has 2 aliphatic rings. The van der Waals surface area contributed by atoms with Crippen LogP contribution in [0.1, 0.15) is 12.0 Å². The van der Waals surface area contributed by atoms with Crippen molar-refractivity contribution in [3.05, 3.63) is 35.6 Å². The normalized spacial score (nSPS) is 35.1. The molecule has 3 rings (SSSR count). The van der Waals surface area contributed by atoms with Crippen molar-refractivity contribution in [2.24, 2.45) is 23.5 Å². The quantitative estimate of drug-likeness (QED) is 0.639. The number of aliphatic carboxylic acids is 1. The van der Waals surface area contributed by atoms with Crippen LogP contribution < -0.4 is 5.73 Å². The number of carbonyl (C=O) groups is 1. The van der Waals surface area contributed by atoms with E-state index in [-0.39, 0.29) is 37.0 Å². The molecule has 0 radical (unpaired) electrons. The topological polar surface area (TPSA) is 102 Å². The van der Waals surface area contributed by atoms with Crippen LogP contribution in [0.15, 0.2) is 24.3 Å². The van der Waals surface area contributed by atoms with Crippen LogP contribution in [-0.2, 0) is 20.9 Å². The number of aliphatic hydroxyl groups is 1. The number of rotatable bonds is 7. The number of fused-ring (bicyclic) bond motifs is 1. The van der Waals surface area contributed by atoms with Gasteiger partial charge in [0.2, 0.25) is 0 Å². The molecule has 0 saturated heterocycles. The van der Waals surface area contributed by atoms with Gasteiger partial charge in [0, 0.05) is 0 Å². The van der Waals surface area contributed by atoms with Gasteiger partial charge in [-0.15, -0.1) is 0 Å². The molecule has 0 aliphatic heterocycles. The molecule has 4 N–H and O–H groups in total. The molecular weight excluding hydrogens is 305 g/mol. The number of ether oxygens (including phenoxy) is 2. The molecule has 1 aromatic rings. The smallest absolute Gasteiger partial charge is 0.326 e. The van der Waals surface area contributed by atoms with Gasteiger partial charge in [-0.3, -0.25) is 4.79 Å². The van der Waals surface area contributed by atoms with Gasteiger partial charge < -0.3 is 25.4 Å². The first-order valence-corrected chi connectivity index (χ1v) is 7.55. The van der Waals surface area contributed by atoms with Crippen molar-refractivity contribution in [3.8, 4) is 0 Å². The lowest BCUT2D eigenvalue weighted by Crippen LogP contribution is -2.58. The Hall–Kier alpha value is -1.54. The van der Waals surface area contributed by atoms with E-state index >= 15 is 0 Å². The van der Waals surface area contributed by atoms with Crippen LogP contribution in [0.25, 0.3) is 0 Å². The average molecular weight is 325 g/mol. The zero-order valence-corrected chi connectivity index (χ0v) is 12.5. The predicted octanol–water partition coefficient (Wildman–Crippen LogP) is 0.725. The Morgan fingerprint density at radius 2 is 2.09 bits per heavy atom. The van der Waals surface area contributed by atoms with Crippen molar-refractivity contribution >= 4 is 5.97 Å². The Balaban J connectivity index is 1.64. The van der Waals surface area contributed by atoms with E-state index in [2.05, 4.69) is 0 Å². The molecule has 0 heterocycles. The molecule has 6 nitrogen and oxygen atoms in total. The minimum atomic E-state index is -1.45. The van der Waals surface area contributed by atoms with E-state index in [1.807, 2.05) is 0 Å². The second-order valence-electron chi connectivity index (χ2n) is 6.25. The molecule has 2 fully saturated rings. The van der Waals surface area contributed by atoms with Crippen molar-refractivity contribution in [1.82, 2.24) is 0 Å². The first-order valence-electron chi connectivity index (χ1n) is 7.55. The van der Waals surface area contributed by atoms with E-state index < -0.39 is 17.6 Å². The molecule has 7 heteroatoms. The van der Waals surface area contributed by atoms with Crippen molar-refractivity contribution in [2.45, 2.75) is 24.7 Å². The van der Waals surface area contributed by atoms with Gasteiger partial charge in [0.1, 0.15) is 18.1 Å². The van der Waals surface area contributed by atoms with E-state index in [1.54, 1.807) is 12.1 Å². The van der Waals surface area contributed by atoms with E-state index in [0.717, 1.165) is 5.56 Å². The molecule has 126 valence electrons. The van der Waals surface area contributed by atoms with Gasteiger partial charge >= 0.3 is 5.97 Å². The molecule has 2 aliphatic carbocycles. The molecule has 0 aromatic heterocycles. The summed E-state index contributed by atoms with van der Waals surface area (Å²) in [6.07, 6.45) is -0.0425. The van der Waals surface area contributed by atoms with Crippen molar-refractivity contribution < 1.29 is 28.9 Å². The Morgan fingerprint density at radius 1 is 1.39 bits per heavy atom. The number of benzene rings is 1. The van der Waals surface area contributed by atoms with Gasteiger partial charge in [0.15, 0.2) is 0 Å². The molecule has 5 atom stereocenters. The highest BCUT2D eigenvalue weighted by Gasteiger charge is 2.71. The number of carboxylic acid groups (broad SMARTS) is 1. The largest absolute Gasteiger partial charge is 0.480 e. The zero-order chi connectivity index (χ0) is 16.6. The first kappa shape index (κ1) is 16.3. The Kier molecular flexibility index (Phi) is 4.37. The van der Waals surface area contributed by atoms with Crippen LogP contribution in [0.4, 0.5) is 4.39 Å². The summed E-state index contributed by atoms with van der Waals surface area (Å²) in [7, 11) is 0. The minimum Gasteiger partial charge on any atom is -0.480 e. The molecule has 2 saturated carbocycles. The van der Waals surface area contributed by atoms with Gasteiger partial charge in [0.05, 0.1) is 19.3 Å². The molecule has 23 heavy (non-hydrogen) atoms. The monoisotopic (exact) mass is 325 g/mol. The lowest BCUT2D eigenvalue weighted by atomic mass is 9.89. The minimum absolute atomic E-state index is 0.0499. The number of nitrogens with two attached hydrogens (primary N) is 1. The van der Waals surface area contributed by atoms with E-state index in [1.165, 1.54) is 12.1 Å². The number of carboxylic acids is 1. The van der Waals surface area contributed by atoms with Crippen LogP contribution in [-0.4, -0.2) is 41.2 Å². The molecule has 0 amide bonds. The number of aliphatic hydroxyl groups excluding tert-OH is 1. The predicted molar refractivity (Wildman–Crippen MR) is 77.7 cm³/mol. The van der Waals surface area contributed by atoms with Crippen LogP contribution >= 0.6 is 0 Å². The first-order chi connectivity index (χ1) is 11.0. The molecular formula is C16H20FNO5. The summed E-state index contributed by atoms with van der Waals surface area (Å²) < 4.78 is 23.6. The van der Waals surface area contributed by atoms with Crippen LogP contribution in [0.2, 0.25) is 0 Å². The summed E-state index contributed by atoms with van der Waals surface area (Å²) in [5, 5.41) is 18.3. The summed E-state index contributed by atoms with van der Waals surface area (Å²) in [5.41, 5.74) is 5.49. The van der Waals surface area contributed by atoms with E-state index in [9.17, 15) is 14.3 Å². The summed E-state index contributed by atoms with van der Waals surface area (Å²) in [4.78, 5) is 11.7. The third-order valence-corrected chi connectivity index (χ3v) is 5.04. The summed E-state index contributed by atoms with van der Waals surface area (Å²) in [5.74, 6) is -1.43. The molecule has 1 aromatic carbocycles. The highest BCUT2D eigenvalue weighted by molar-refractivity contribution is 5.81. The molecule has 0 bridgehead atoms. The summed E-state index contributed by atoms with van der Waals surface area (Å²) in [6.45, 7) is 0.113. The number of halogens is 1. The van der Waals surface area contributed by atoms with Gasteiger partial charge in [-0.1, -0.05) is 12.1 Å². The maximum Gasteiger partial charge on any atom is 0.326 e. The standard InChI is InChI=1S/C16H20FNO5/c17-10-3-1-9(2-4-10)6-23-13-5-11-12(7-22-8-19)14(11)16(13,18)15(20)21/h1-4,11-14,19H,5-8,18H2,(H,20,21)/t11-,12?,13+,14-,16-/m0/s1. The van der Waals surface area contributed by atoms with Crippen LogP contribution in [0.3, 0.4) is 0 Å². The maximum atomic E-state index is 12.9. The summed E-state index contributed by atoms with van der Waals surface area (Å²) in [6, 6.07) is 5.86. The van der Waals surface area contributed by atoms with Crippen molar-refractivity contribution in [2.75, 3.05) is 13.4 Å².